The lowest BCUT2D eigenvalue weighted by molar-refractivity contribution is 0.0951. The van der Waals surface area contributed by atoms with E-state index < -0.39 is 0 Å². The summed E-state index contributed by atoms with van der Waals surface area (Å²) in [4.78, 5) is 17.2. The summed E-state index contributed by atoms with van der Waals surface area (Å²) < 4.78 is 16.8. The molecular weight excluding hydrogens is 404 g/mol. The molecule has 3 aromatic carbocycles. The molecule has 0 unspecified atom stereocenters. The zero-order valence-corrected chi connectivity index (χ0v) is 18.3. The van der Waals surface area contributed by atoms with E-state index in [-0.39, 0.29) is 5.91 Å². The van der Waals surface area contributed by atoms with Crippen molar-refractivity contribution in [1.82, 2.24) is 10.3 Å². The Kier molecular flexibility index (Phi) is 6.70. The maximum absolute atomic E-state index is 12.7. The van der Waals surface area contributed by atoms with Gasteiger partial charge in [-0.2, -0.15) is 0 Å². The van der Waals surface area contributed by atoms with Crippen molar-refractivity contribution in [3.8, 4) is 11.5 Å². The molecule has 0 fully saturated rings. The van der Waals surface area contributed by atoms with Crippen LogP contribution in [0.25, 0.3) is 11.1 Å². The van der Waals surface area contributed by atoms with Gasteiger partial charge in [-0.25, -0.2) is 4.98 Å². The van der Waals surface area contributed by atoms with Crippen LogP contribution in [0, 0.1) is 0 Å². The van der Waals surface area contributed by atoms with Crippen LogP contribution in [0.2, 0.25) is 0 Å². The first-order valence-electron chi connectivity index (χ1n) is 10.7. The molecule has 4 aromatic rings. The van der Waals surface area contributed by atoms with Gasteiger partial charge in [-0.15, -0.1) is 0 Å². The summed E-state index contributed by atoms with van der Waals surface area (Å²) in [5.41, 5.74) is 4.05. The molecule has 6 heteroatoms. The Morgan fingerprint density at radius 1 is 0.969 bits per heavy atom. The number of nitrogens with one attached hydrogen (secondary N) is 1. The van der Waals surface area contributed by atoms with Gasteiger partial charge in [0, 0.05) is 18.5 Å². The third kappa shape index (κ3) is 5.09. The van der Waals surface area contributed by atoms with Crippen molar-refractivity contribution in [3.05, 3.63) is 89.3 Å². The van der Waals surface area contributed by atoms with Gasteiger partial charge in [0.05, 0.1) is 13.7 Å². The minimum atomic E-state index is -0.179. The Bertz CT molecular complexity index is 1200. The number of fused-ring (bicyclic) bond motifs is 1. The minimum absolute atomic E-state index is 0.179. The largest absolute Gasteiger partial charge is 0.493 e. The maximum Gasteiger partial charge on any atom is 0.251 e. The lowest BCUT2D eigenvalue weighted by atomic mass is 10.1. The number of rotatable bonds is 9. The number of aromatic nitrogens is 1. The number of hydrogen-bond donors (Lipinski definition) is 1. The van der Waals surface area contributed by atoms with Gasteiger partial charge in [0.1, 0.15) is 5.52 Å². The SMILES string of the molecule is CCOc1ccc(CNC(=O)c2ccc3nc(CCc4ccccc4)oc3c2)cc1OC. The fourth-order valence-corrected chi connectivity index (χ4v) is 3.50. The average molecular weight is 431 g/mol. The number of nitrogens with zero attached hydrogens (tertiary/aromatic N) is 1. The zero-order valence-electron chi connectivity index (χ0n) is 18.3. The number of carbonyl (C=O) groups is 1. The van der Waals surface area contributed by atoms with E-state index in [0.717, 1.165) is 17.5 Å². The third-order valence-corrected chi connectivity index (χ3v) is 5.15. The maximum atomic E-state index is 12.7. The molecule has 0 saturated carbocycles. The molecule has 0 radical (unpaired) electrons. The Balaban J connectivity index is 1.40. The fraction of sp³-hybridized carbons (Fsp3) is 0.231. The van der Waals surface area contributed by atoms with Gasteiger partial charge in [0.2, 0.25) is 0 Å². The molecule has 0 saturated heterocycles. The van der Waals surface area contributed by atoms with Crippen molar-refractivity contribution in [3.63, 3.8) is 0 Å². The van der Waals surface area contributed by atoms with Crippen molar-refractivity contribution in [2.24, 2.45) is 0 Å². The molecule has 0 aliphatic rings. The average Bonchev–Trinajstić information content (AvgIpc) is 3.25. The molecule has 1 aromatic heterocycles. The molecular formula is C26H26N2O4. The Hall–Kier alpha value is -3.80. The van der Waals surface area contributed by atoms with Crippen LogP contribution in [0.1, 0.15) is 34.3 Å². The second kappa shape index (κ2) is 10.0. The number of carbonyl (C=O) groups excluding carboxylic acids is 1. The summed E-state index contributed by atoms with van der Waals surface area (Å²) in [7, 11) is 1.60. The van der Waals surface area contributed by atoms with E-state index in [1.54, 1.807) is 19.2 Å². The van der Waals surface area contributed by atoms with Gasteiger partial charge >= 0.3 is 0 Å². The number of hydrogen-bond acceptors (Lipinski definition) is 5. The summed E-state index contributed by atoms with van der Waals surface area (Å²) in [6.07, 6.45) is 1.56. The smallest absolute Gasteiger partial charge is 0.251 e. The topological polar surface area (TPSA) is 73.6 Å². The summed E-state index contributed by atoms with van der Waals surface area (Å²) >= 11 is 0. The first-order valence-corrected chi connectivity index (χ1v) is 10.7. The zero-order chi connectivity index (χ0) is 22.3. The highest BCUT2D eigenvalue weighted by Crippen LogP contribution is 2.28. The van der Waals surface area contributed by atoms with Crippen LogP contribution in [0.3, 0.4) is 0 Å². The Morgan fingerprint density at radius 3 is 2.59 bits per heavy atom. The molecule has 32 heavy (non-hydrogen) atoms. The number of amides is 1. The second-order valence-corrected chi connectivity index (χ2v) is 7.38. The quantitative estimate of drug-likeness (QED) is 0.407. The van der Waals surface area contributed by atoms with E-state index in [9.17, 15) is 4.79 Å². The van der Waals surface area contributed by atoms with Crippen molar-refractivity contribution < 1.29 is 18.7 Å². The highest BCUT2D eigenvalue weighted by molar-refractivity contribution is 5.97. The molecule has 164 valence electrons. The predicted molar refractivity (Wildman–Crippen MR) is 123 cm³/mol. The van der Waals surface area contributed by atoms with E-state index in [1.165, 1.54) is 5.56 Å². The van der Waals surface area contributed by atoms with Crippen LogP contribution in [0.4, 0.5) is 0 Å². The van der Waals surface area contributed by atoms with E-state index in [4.69, 9.17) is 13.9 Å². The molecule has 4 rings (SSSR count). The van der Waals surface area contributed by atoms with Gasteiger partial charge in [0.15, 0.2) is 23.0 Å². The summed E-state index contributed by atoms with van der Waals surface area (Å²) in [5, 5.41) is 2.94. The number of oxazole rings is 1. The predicted octanol–water partition coefficient (Wildman–Crippen LogP) is 4.95. The Labute approximate surface area is 187 Å². The van der Waals surface area contributed by atoms with E-state index in [2.05, 4.69) is 22.4 Å². The molecule has 0 spiro atoms. The van der Waals surface area contributed by atoms with E-state index >= 15 is 0 Å². The van der Waals surface area contributed by atoms with Crippen LogP contribution < -0.4 is 14.8 Å². The van der Waals surface area contributed by atoms with Gasteiger partial charge in [-0.3, -0.25) is 4.79 Å². The van der Waals surface area contributed by atoms with Gasteiger partial charge < -0.3 is 19.2 Å². The molecule has 0 atom stereocenters. The summed E-state index contributed by atoms with van der Waals surface area (Å²) in [5.74, 6) is 1.82. The van der Waals surface area contributed by atoms with Crippen molar-refractivity contribution in [2.45, 2.75) is 26.3 Å². The highest BCUT2D eigenvalue weighted by atomic mass is 16.5. The standard InChI is InChI=1S/C26H26N2O4/c1-3-31-22-13-9-19(15-24(22)30-2)17-27-26(29)20-11-12-21-23(16-20)32-25(28-21)14-10-18-7-5-4-6-8-18/h4-9,11-13,15-16H,3,10,14,17H2,1-2H3,(H,27,29). The minimum Gasteiger partial charge on any atom is -0.493 e. The molecule has 6 nitrogen and oxygen atoms in total. The van der Waals surface area contributed by atoms with Gasteiger partial charge in [0.25, 0.3) is 5.91 Å². The monoisotopic (exact) mass is 430 g/mol. The van der Waals surface area contributed by atoms with Gasteiger partial charge in [-0.1, -0.05) is 36.4 Å². The van der Waals surface area contributed by atoms with Crippen LogP contribution >= 0.6 is 0 Å². The van der Waals surface area contributed by atoms with Crippen LogP contribution in [0.5, 0.6) is 11.5 Å². The van der Waals surface area contributed by atoms with Crippen molar-refractivity contribution in [2.75, 3.05) is 13.7 Å². The molecule has 1 amide bonds. The first-order chi connectivity index (χ1) is 15.7. The van der Waals surface area contributed by atoms with Crippen molar-refractivity contribution >= 4 is 17.0 Å². The fourth-order valence-electron chi connectivity index (χ4n) is 3.50. The van der Waals surface area contributed by atoms with Crippen LogP contribution in [-0.4, -0.2) is 24.6 Å². The molecule has 0 bridgehead atoms. The lowest BCUT2D eigenvalue weighted by Gasteiger charge is -2.11. The number of ether oxygens (including phenoxy) is 2. The van der Waals surface area contributed by atoms with Gasteiger partial charge in [-0.05, 0) is 54.8 Å². The summed E-state index contributed by atoms with van der Waals surface area (Å²) in [6, 6.07) is 21.2. The third-order valence-electron chi connectivity index (χ3n) is 5.15. The Morgan fingerprint density at radius 2 is 1.81 bits per heavy atom. The summed E-state index contributed by atoms with van der Waals surface area (Å²) in [6.45, 7) is 2.86. The van der Waals surface area contributed by atoms with E-state index in [0.29, 0.717) is 48.1 Å². The molecule has 0 aliphatic carbocycles. The molecule has 1 N–H and O–H groups in total. The number of methoxy groups -OCH3 is 1. The van der Waals surface area contributed by atoms with E-state index in [1.807, 2.05) is 49.4 Å². The van der Waals surface area contributed by atoms with Crippen LogP contribution in [-0.2, 0) is 19.4 Å². The lowest BCUT2D eigenvalue weighted by Crippen LogP contribution is -2.22. The van der Waals surface area contributed by atoms with Crippen LogP contribution in [0.15, 0.2) is 71.1 Å². The number of benzene rings is 3. The second-order valence-electron chi connectivity index (χ2n) is 7.38. The molecule has 1 heterocycles. The normalized spacial score (nSPS) is 10.8. The highest BCUT2D eigenvalue weighted by Gasteiger charge is 2.12. The first kappa shape index (κ1) is 21.4. The van der Waals surface area contributed by atoms with Crippen molar-refractivity contribution in [1.29, 1.82) is 0 Å². The molecule has 0 aliphatic heterocycles. The number of aryl methyl sites for hydroxylation is 2.